The highest BCUT2D eigenvalue weighted by atomic mass is 32.1. The van der Waals surface area contributed by atoms with E-state index in [4.69, 9.17) is 0 Å². The van der Waals surface area contributed by atoms with Crippen LogP contribution in [0.5, 0.6) is 0 Å². The zero-order valence-corrected chi connectivity index (χ0v) is 5.73. The van der Waals surface area contributed by atoms with Crippen molar-refractivity contribution in [1.82, 2.24) is 4.98 Å². The topological polar surface area (TPSA) is 42.0 Å². The molecular weight excluding hydrogens is 136 g/mol. The van der Waals surface area contributed by atoms with E-state index in [1.165, 1.54) is 11.3 Å². The number of hydrogen-bond donors (Lipinski definition) is 1. The lowest BCUT2D eigenvalue weighted by atomic mass is 10.6. The molecule has 4 heteroatoms. The van der Waals surface area contributed by atoms with Crippen molar-refractivity contribution in [2.24, 2.45) is 0 Å². The summed E-state index contributed by atoms with van der Waals surface area (Å²) in [6, 6.07) is 0. The Labute approximate surface area is 56.7 Å². The molecule has 1 N–H and O–H groups in total. The van der Waals surface area contributed by atoms with Crippen LogP contribution < -0.4 is 5.32 Å². The van der Waals surface area contributed by atoms with Gasteiger partial charge in [-0.05, 0) is 6.92 Å². The molecule has 0 fully saturated rings. The van der Waals surface area contributed by atoms with Crippen LogP contribution in [0.1, 0.15) is 5.69 Å². The van der Waals surface area contributed by atoms with Crippen molar-refractivity contribution >= 4 is 22.9 Å². The second kappa shape index (κ2) is 2.59. The molecule has 48 valence electrons. The Morgan fingerprint density at radius 1 is 1.89 bits per heavy atom. The molecule has 9 heavy (non-hydrogen) atoms. The fourth-order valence-electron chi connectivity index (χ4n) is 0.471. The summed E-state index contributed by atoms with van der Waals surface area (Å²) in [4.78, 5) is 13.8. The van der Waals surface area contributed by atoms with Crippen molar-refractivity contribution in [2.45, 2.75) is 6.92 Å². The minimum Gasteiger partial charge on any atom is -0.305 e. The van der Waals surface area contributed by atoms with E-state index in [1.54, 1.807) is 0 Å². The summed E-state index contributed by atoms with van der Waals surface area (Å²) in [6.45, 7) is 1.88. The molecular formula is C5H6N2OS. The average molecular weight is 142 g/mol. The smallest absolute Gasteiger partial charge is 0.213 e. The van der Waals surface area contributed by atoms with Gasteiger partial charge in [-0.15, -0.1) is 11.3 Å². The molecule has 1 amide bonds. The molecule has 0 radical (unpaired) electrons. The lowest BCUT2D eigenvalue weighted by Crippen LogP contribution is -1.91. The molecule has 0 aromatic carbocycles. The summed E-state index contributed by atoms with van der Waals surface area (Å²) in [5.74, 6) is 0. The van der Waals surface area contributed by atoms with Crippen molar-refractivity contribution in [3.8, 4) is 0 Å². The van der Waals surface area contributed by atoms with Gasteiger partial charge < -0.3 is 5.32 Å². The molecule has 1 aromatic rings. The Kier molecular flexibility index (Phi) is 1.79. The van der Waals surface area contributed by atoms with Crippen molar-refractivity contribution in [3.63, 3.8) is 0 Å². The number of aromatic nitrogens is 1. The molecule has 1 heterocycles. The maximum Gasteiger partial charge on any atom is 0.213 e. The standard InChI is InChI=1S/C5H6N2OS/c1-4-2-9-5(7-4)6-3-8/h2-3H,1H3,(H,6,7,8). The number of carbonyl (C=O) groups is 1. The summed E-state index contributed by atoms with van der Waals surface area (Å²) in [5, 5.41) is 4.99. The van der Waals surface area contributed by atoms with Crippen molar-refractivity contribution in [1.29, 1.82) is 0 Å². The van der Waals surface area contributed by atoms with Gasteiger partial charge in [0.25, 0.3) is 0 Å². The van der Waals surface area contributed by atoms with Crippen LogP contribution in [0.25, 0.3) is 0 Å². The summed E-state index contributed by atoms with van der Waals surface area (Å²) < 4.78 is 0. The molecule has 0 aliphatic carbocycles. The fourth-order valence-corrected chi connectivity index (χ4v) is 1.12. The second-order valence-electron chi connectivity index (χ2n) is 1.56. The Morgan fingerprint density at radius 3 is 3.11 bits per heavy atom. The first-order valence-electron chi connectivity index (χ1n) is 2.45. The van der Waals surface area contributed by atoms with Gasteiger partial charge in [0.1, 0.15) is 0 Å². The van der Waals surface area contributed by atoms with Crippen LogP contribution >= 0.6 is 11.3 Å². The van der Waals surface area contributed by atoms with E-state index in [-0.39, 0.29) is 0 Å². The van der Waals surface area contributed by atoms with Gasteiger partial charge >= 0.3 is 0 Å². The SMILES string of the molecule is Cc1csc(NC=O)n1. The number of nitrogens with one attached hydrogen (secondary N) is 1. The number of carbonyl (C=O) groups excluding carboxylic acids is 1. The Balaban J connectivity index is 2.72. The van der Waals surface area contributed by atoms with Crippen LogP contribution in [0.3, 0.4) is 0 Å². The highest BCUT2D eigenvalue weighted by Gasteiger charge is 1.92. The number of nitrogens with zero attached hydrogens (tertiary/aromatic N) is 1. The van der Waals surface area contributed by atoms with E-state index in [0.29, 0.717) is 11.5 Å². The molecule has 0 saturated carbocycles. The minimum absolute atomic E-state index is 0.623. The third-order valence-corrected chi connectivity index (χ3v) is 1.69. The molecule has 0 saturated heterocycles. The third kappa shape index (κ3) is 1.50. The van der Waals surface area contributed by atoms with Gasteiger partial charge in [-0.1, -0.05) is 0 Å². The van der Waals surface area contributed by atoms with E-state index in [2.05, 4.69) is 10.3 Å². The Bertz CT molecular complexity index is 208. The monoisotopic (exact) mass is 142 g/mol. The van der Waals surface area contributed by atoms with Crippen molar-refractivity contribution < 1.29 is 4.79 Å². The van der Waals surface area contributed by atoms with Crippen molar-refractivity contribution in [2.75, 3.05) is 5.32 Å². The van der Waals surface area contributed by atoms with E-state index in [0.717, 1.165) is 5.69 Å². The molecule has 3 nitrogen and oxygen atoms in total. The van der Waals surface area contributed by atoms with Gasteiger partial charge in [0, 0.05) is 5.38 Å². The number of thiazole rings is 1. The maximum atomic E-state index is 9.84. The van der Waals surface area contributed by atoms with Gasteiger partial charge in [-0.3, -0.25) is 4.79 Å². The molecule has 1 rings (SSSR count). The minimum atomic E-state index is 0.623. The van der Waals surface area contributed by atoms with E-state index < -0.39 is 0 Å². The highest BCUT2D eigenvalue weighted by Crippen LogP contribution is 2.12. The number of anilines is 1. The first kappa shape index (κ1) is 6.22. The summed E-state index contributed by atoms with van der Waals surface area (Å²) in [7, 11) is 0. The average Bonchev–Trinajstić information content (AvgIpc) is 2.17. The van der Waals surface area contributed by atoms with Gasteiger partial charge in [0.05, 0.1) is 5.69 Å². The largest absolute Gasteiger partial charge is 0.305 e. The molecule has 1 aromatic heterocycles. The lowest BCUT2D eigenvalue weighted by molar-refractivity contribution is -0.105. The first-order valence-corrected chi connectivity index (χ1v) is 3.33. The Morgan fingerprint density at radius 2 is 2.67 bits per heavy atom. The molecule has 0 spiro atoms. The van der Waals surface area contributed by atoms with Gasteiger partial charge in [-0.25, -0.2) is 4.98 Å². The van der Waals surface area contributed by atoms with Crippen LogP contribution in [0, 0.1) is 6.92 Å². The summed E-state index contributed by atoms with van der Waals surface area (Å²) in [5.41, 5.74) is 0.935. The lowest BCUT2D eigenvalue weighted by Gasteiger charge is -1.84. The second-order valence-corrected chi connectivity index (χ2v) is 2.41. The zero-order chi connectivity index (χ0) is 6.69. The molecule has 0 atom stereocenters. The highest BCUT2D eigenvalue weighted by molar-refractivity contribution is 7.13. The van der Waals surface area contributed by atoms with Gasteiger partial charge in [-0.2, -0.15) is 0 Å². The molecule has 0 aliphatic rings. The number of rotatable bonds is 2. The van der Waals surface area contributed by atoms with Crippen molar-refractivity contribution in [3.05, 3.63) is 11.1 Å². The fraction of sp³-hybridized carbons (Fsp3) is 0.200. The van der Waals surface area contributed by atoms with E-state index >= 15 is 0 Å². The zero-order valence-electron chi connectivity index (χ0n) is 4.92. The van der Waals surface area contributed by atoms with Crippen LogP contribution in [0.2, 0.25) is 0 Å². The normalized spacial score (nSPS) is 9.00. The Hall–Kier alpha value is -0.900. The van der Waals surface area contributed by atoms with Gasteiger partial charge in [0.2, 0.25) is 6.41 Å². The third-order valence-electron chi connectivity index (χ3n) is 0.801. The molecule has 0 unspecified atom stereocenters. The number of hydrogen-bond acceptors (Lipinski definition) is 3. The summed E-state index contributed by atoms with van der Waals surface area (Å²) >= 11 is 1.42. The quantitative estimate of drug-likeness (QED) is 0.626. The van der Waals surface area contributed by atoms with Crippen LogP contribution in [0.4, 0.5) is 5.13 Å². The first-order chi connectivity index (χ1) is 4.33. The van der Waals surface area contributed by atoms with Gasteiger partial charge in [0.15, 0.2) is 5.13 Å². The number of amides is 1. The summed E-state index contributed by atoms with van der Waals surface area (Å²) in [6.07, 6.45) is 0.623. The predicted octanol–water partition coefficient (Wildman–Crippen LogP) is 1.02. The van der Waals surface area contributed by atoms with E-state index in [9.17, 15) is 4.79 Å². The molecule has 0 bridgehead atoms. The van der Waals surface area contributed by atoms with Crippen LogP contribution in [0.15, 0.2) is 5.38 Å². The maximum absolute atomic E-state index is 9.84. The van der Waals surface area contributed by atoms with Crippen LogP contribution in [-0.2, 0) is 4.79 Å². The molecule has 0 aliphatic heterocycles. The number of aryl methyl sites for hydroxylation is 1. The van der Waals surface area contributed by atoms with Crippen LogP contribution in [-0.4, -0.2) is 11.4 Å². The predicted molar refractivity (Wildman–Crippen MR) is 36.5 cm³/mol. The van der Waals surface area contributed by atoms with E-state index in [1.807, 2.05) is 12.3 Å².